The number of aliphatic imine (C=N–C) groups is 1. The first-order valence-electron chi connectivity index (χ1n) is 8.05. The number of methoxy groups -OCH3 is 1. The average Bonchev–Trinajstić information content (AvgIpc) is 2.65. The molecule has 1 aromatic heterocycles. The van der Waals surface area contributed by atoms with Gasteiger partial charge in [-0.3, -0.25) is 4.98 Å². The number of alkyl halides is 1. The van der Waals surface area contributed by atoms with Gasteiger partial charge in [0.15, 0.2) is 11.5 Å². The van der Waals surface area contributed by atoms with Gasteiger partial charge in [0.1, 0.15) is 5.69 Å². The van der Waals surface area contributed by atoms with Crippen LogP contribution in [0.1, 0.15) is 18.4 Å². The molecule has 0 aliphatic carbocycles. The summed E-state index contributed by atoms with van der Waals surface area (Å²) in [5, 5.41) is 1.66. The zero-order valence-corrected chi connectivity index (χ0v) is 17.2. The van der Waals surface area contributed by atoms with Gasteiger partial charge in [-0.1, -0.05) is 39.1 Å². The van der Waals surface area contributed by atoms with Gasteiger partial charge in [-0.05, 0) is 18.6 Å². The molecule has 138 valence electrons. The van der Waals surface area contributed by atoms with Crippen LogP contribution in [0.25, 0.3) is 0 Å². The fourth-order valence-corrected chi connectivity index (χ4v) is 3.27. The monoisotopic (exact) mass is 458 g/mol. The number of nitrogens with zero attached hydrogens (tertiary/aromatic N) is 2. The molecule has 2 aromatic rings. The van der Waals surface area contributed by atoms with Crippen molar-refractivity contribution in [3.63, 3.8) is 0 Å². The summed E-state index contributed by atoms with van der Waals surface area (Å²) < 4.78 is 17.2. The Balaban J connectivity index is 2.05. The Kier molecular flexibility index (Phi) is 6.62. The van der Waals surface area contributed by atoms with E-state index in [0.29, 0.717) is 52.6 Å². The molecule has 0 unspecified atom stereocenters. The molecule has 0 saturated heterocycles. The summed E-state index contributed by atoms with van der Waals surface area (Å²) in [7, 11) is 1.60. The van der Waals surface area contributed by atoms with Crippen molar-refractivity contribution in [3.05, 3.63) is 40.1 Å². The lowest BCUT2D eigenvalue weighted by atomic mass is 10.0. The maximum absolute atomic E-state index is 6.20. The van der Waals surface area contributed by atoms with Crippen LogP contribution < -0.4 is 14.2 Å². The quantitative estimate of drug-likeness (QED) is 0.424. The number of hydrogen-bond donors (Lipinski definition) is 0. The topological polar surface area (TPSA) is 52.9 Å². The summed E-state index contributed by atoms with van der Waals surface area (Å²) in [6.07, 6.45) is 4.55. The van der Waals surface area contributed by atoms with E-state index in [2.05, 4.69) is 25.9 Å². The van der Waals surface area contributed by atoms with Crippen molar-refractivity contribution < 1.29 is 14.2 Å². The summed E-state index contributed by atoms with van der Waals surface area (Å²) >= 11 is 15.8. The van der Waals surface area contributed by atoms with Gasteiger partial charge >= 0.3 is 0 Å². The number of aromatic nitrogens is 1. The van der Waals surface area contributed by atoms with Crippen LogP contribution >= 0.6 is 39.1 Å². The molecule has 0 amide bonds. The SMILES string of the molecule is COc1ccc2c(c1OCCCBr)OCCC2=Nc1c(Cl)cncc1Cl. The molecule has 0 spiro atoms. The van der Waals surface area contributed by atoms with Crippen LogP contribution in [0, 0.1) is 0 Å². The Bertz CT molecular complexity index is 810. The van der Waals surface area contributed by atoms with Gasteiger partial charge in [0, 0.05) is 29.7 Å². The lowest BCUT2D eigenvalue weighted by Gasteiger charge is -2.23. The molecule has 0 saturated carbocycles. The highest BCUT2D eigenvalue weighted by atomic mass is 79.9. The van der Waals surface area contributed by atoms with E-state index in [0.717, 1.165) is 23.0 Å². The second kappa shape index (κ2) is 8.93. The first-order chi connectivity index (χ1) is 12.7. The second-order valence-electron chi connectivity index (χ2n) is 5.47. The van der Waals surface area contributed by atoms with E-state index in [1.165, 1.54) is 12.4 Å². The number of halogens is 3. The Morgan fingerprint density at radius 3 is 2.73 bits per heavy atom. The molecule has 1 aromatic carbocycles. The van der Waals surface area contributed by atoms with E-state index in [1.807, 2.05) is 12.1 Å². The summed E-state index contributed by atoms with van der Waals surface area (Å²) in [6.45, 7) is 1.03. The third kappa shape index (κ3) is 4.08. The molecule has 1 aliphatic heterocycles. The Labute approximate surface area is 170 Å². The van der Waals surface area contributed by atoms with Crippen LogP contribution in [-0.4, -0.2) is 36.3 Å². The van der Waals surface area contributed by atoms with E-state index in [-0.39, 0.29) is 0 Å². The lowest BCUT2D eigenvalue weighted by molar-refractivity contribution is 0.256. The molecule has 1 aliphatic rings. The number of pyridine rings is 1. The molecule has 5 nitrogen and oxygen atoms in total. The predicted molar refractivity (Wildman–Crippen MR) is 107 cm³/mol. The van der Waals surface area contributed by atoms with E-state index in [1.54, 1.807) is 7.11 Å². The molecule has 0 N–H and O–H groups in total. The molecule has 0 atom stereocenters. The highest BCUT2D eigenvalue weighted by Gasteiger charge is 2.25. The van der Waals surface area contributed by atoms with E-state index >= 15 is 0 Å². The van der Waals surface area contributed by atoms with Gasteiger partial charge in [0.05, 0.1) is 36.1 Å². The van der Waals surface area contributed by atoms with Crippen molar-refractivity contribution in [3.8, 4) is 17.2 Å². The molecule has 3 rings (SSSR count). The Morgan fingerprint density at radius 2 is 2.04 bits per heavy atom. The highest BCUT2D eigenvalue weighted by Crippen LogP contribution is 2.43. The maximum Gasteiger partial charge on any atom is 0.204 e. The summed E-state index contributed by atoms with van der Waals surface area (Å²) in [6, 6.07) is 3.76. The van der Waals surface area contributed by atoms with E-state index in [4.69, 9.17) is 37.4 Å². The summed E-state index contributed by atoms with van der Waals surface area (Å²) in [4.78, 5) is 8.64. The van der Waals surface area contributed by atoms with Gasteiger partial charge in [-0.25, -0.2) is 4.99 Å². The van der Waals surface area contributed by atoms with Crippen LogP contribution in [-0.2, 0) is 0 Å². The maximum atomic E-state index is 6.20. The number of rotatable bonds is 6. The number of benzene rings is 1. The Morgan fingerprint density at radius 1 is 1.27 bits per heavy atom. The van der Waals surface area contributed by atoms with Gasteiger partial charge in [0.2, 0.25) is 5.75 Å². The van der Waals surface area contributed by atoms with Crippen LogP contribution in [0.2, 0.25) is 10.0 Å². The van der Waals surface area contributed by atoms with E-state index in [9.17, 15) is 0 Å². The largest absolute Gasteiger partial charge is 0.493 e. The summed E-state index contributed by atoms with van der Waals surface area (Å²) in [5.41, 5.74) is 2.17. The molecule has 0 fully saturated rings. The third-order valence-corrected chi connectivity index (χ3v) is 4.91. The van der Waals surface area contributed by atoms with Crippen molar-refractivity contribution >= 4 is 50.5 Å². The second-order valence-corrected chi connectivity index (χ2v) is 7.08. The molecule has 26 heavy (non-hydrogen) atoms. The highest BCUT2D eigenvalue weighted by molar-refractivity contribution is 9.09. The average molecular weight is 460 g/mol. The zero-order chi connectivity index (χ0) is 18.5. The minimum absolute atomic E-state index is 0.403. The fraction of sp³-hybridized carbons (Fsp3) is 0.333. The molecule has 2 heterocycles. The molecular formula is C18H17BrCl2N2O3. The third-order valence-electron chi connectivity index (χ3n) is 3.79. The lowest BCUT2D eigenvalue weighted by Crippen LogP contribution is -2.17. The van der Waals surface area contributed by atoms with Crippen LogP contribution in [0.3, 0.4) is 0 Å². The van der Waals surface area contributed by atoms with Crippen molar-refractivity contribution in [2.45, 2.75) is 12.8 Å². The van der Waals surface area contributed by atoms with Gasteiger partial charge in [0.25, 0.3) is 0 Å². The van der Waals surface area contributed by atoms with Crippen LogP contribution in [0.4, 0.5) is 5.69 Å². The van der Waals surface area contributed by atoms with Crippen LogP contribution in [0.15, 0.2) is 29.5 Å². The van der Waals surface area contributed by atoms with Crippen molar-refractivity contribution in [2.24, 2.45) is 4.99 Å². The number of ether oxygens (including phenoxy) is 3. The molecular weight excluding hydrogens is 443 g/mol. The normalized spacial score (nSPS) is 14.7. The minimum Gasteiger partial charge on any atom is -0.493 e. The smallest absolute Gasteiger partial charge is 0.204 e. The fourth-order valence-electron chi connectivity index (χ4n) is 2.59. The van der Waals surface area contributed by atoms with E-state index < -0.39 is 0 Å². The predicted octanol–water partition coefficient (Wildman–Crippen LogP) is 5.46. The zero-order valence-electron chi connectivity index (χ0n) is 14.1. The molecule has 0 bridgehead atoms. The minimum atomic E-state index is 0.403. The number of fused-ring (bicyclic) bond motifs is 1. The summed E-state index contributed by atoms with van der Waals surface area (Å²) in [5.74, 6) is 1.84. The molecule has 8 heteroatoms. The van der Waals surface area contributed by atoms with Crippen LogP contribution in [0.5, 0.6) is 17.2 Å². The number of hydrogen-bond acceptors (Lipinski definition) is 5. The first-order valence-corrected chi connectivity index (χ1v) is 9.93. The van der Waals surface area contributed by atoms with Gasteiger partial charge in [-0.15, -0.1) is 0 Å². The van der Waals surface area contributed by atoms with Crippen molar-refractivity contribution in [1.82, 2.24) is 4.98 Å². The first kappa shape index (κ1) is 19.3. The van der Waals surface area contributed by atoms with Crippen molar-refractivity contribution in [2.75, 3.05) is 25.7 Å². The van der Waals surface area contributed by atoms with Gasteiger partial charge in [-0.2, -0.15) is 0 Å². The van der Waals surface area contributed by atoms with Gasteiger partial charge < -0.3 is 14.2 Å². The van der Waals surface area contributed by atoms with Crippen molar-refractivity contribution in [1.29, 1.82) is 0 Å². The molecule has 0 radical (unpaired) electrons. The Hall–Kier alpha value is -1.50. The standard InChI is InChI=1S/C18H17BrCl2N2O3/c1-24-15-4-3-11-14(23-16-12(20)9-22-10-13(16)21)5-8-26-17(11)18(15)25-7-2-6-19/h3-4,9-10H,2,5-8H2,1H3.